The first-order valence-corrected chi connectivity index (χ1v) is 9.30. The second kappa shape index (κ2) is 7.38. The quantitative estimate of drug-likeness (QED) is 0.742. The highest BCUT2D eigenvalue weighted by Gasteiger charge is 2.26. The zero-order valence-electron chi connectivity index (χ0n) is 15.9. The largest absolute Gasteiger partial charge is 0.369 e. The van der Waals surface area contributed by atoms with Crippen LogP contribution in [0, 0.1) is 19.8 Å². The van der Waals surface area contributed by atoms with E-state index in [0.29, 0.717) is 37.6 Å². The molecule has 8 heteroatoms. The van der Waals surface area contributed by atoms with Gasteiger partial charge in [0.05, 0.1) is 17.0 Å². The van der Waals surface area contributed by atoms with Crippen LogP contribution in [0.4, 0.5) is 5.95 Å². The zero-order chi connectivity index (χ0) is 19.7. The third-order valence-corrected chi connectivity index (χ3v) is 5.11. The number of hydrogen-bond acceptors (Lipinski definition) is 7. The van der Waals surface area contributed by atoms with Gasteiger partial charge in [-0.25, -0.2) is 9.97 Å². The molecule has 0 aromatic carbocycles. The molecule has 0 unspecified atom stereocenters. The fourth-order valence-corrected chi connectivity index (χ4v) is 3.50. The van der Waals surface area contributed by atoms with Crippen molar-refractivity contribution >= 4 is 11.9 Å². The molecule has 4 heterocycles. The van der Waals surface area contributed by atoms with Crippen molar-refractivity contribution in [1.29, 1.82) is 0 Å². The van der Waals surface area contributed by atoms with Crippen LogP contribution in [-0.2, 0) is 4.79 Å². The molecule has 0 atom stereocenters. The zero-order valence-corrected chi connectivity index (χ0v) is 15.9. The van der Waals surface area contributed by atoms with E-state index in [1.165, 1.54) is 0 Å². The van der Waals surface area contributed by atoms with Crippen molar-refractivity contribution in [3.63, 3.8) is 0 Å². The van der Waals surface area contributed by atoms with E-state index < -0.39 is 0 Å². The van der Waals surface area contributed by atoms with Crippen molar-refractivity contribution in [3.05, 3.63) is 42.0 Å². The van der Waals surface area contributed by atoms with Crippen LogP contribution in [0.25, 0.3) is 22.6 Å². The van der Waals surface area contributed by atoms with Crippen molar-refractivity contribution in [3.8, 4) is 22.6 Å². The summed E-state index contributed by atoms with van der Waals surface area (Å²) in [6.07, 6.45) is 4.95. The standard InChI is InChI=1S/C20H22N6O2/c1-12-10-17(28-25-12)16-11-23-20(26-8-5-14(6-9-26)19(21)27)24-18(16)15-4-3-7-22-13(15)2/h3-4,7,10-11,14H,5-6,8-9H2,1-2H3,(H2,21,27). The highest BCUT2D eigenvalue weighted by Crippen LogP contribution is 2.33. The Bertz CT molecular complexity index is 1010. The normalized spacial score (nSPS) is 15.0. The molecule has 1 aliphatic heterocycles. The third kappa shape index (κ3) is 3.45. The van der Waals surface area contributed by atoms with E-state index in [4.69, 9.17) is 15.2 Å². The maximum Gasteiger partial charge on any atom is 0.225 e. The number of primary amides is 1. The lowest BCUT2D eigenvalue weighted by Gasteiger charge is -2.30. The minimum absolute atomic E-state index is 0.0762. The van der Waals surface area contributed by atoms with Crippen LogP contribution in [0.5, 0.6) is 0 Å². The molecule has 28 heavy (non-hydrogen) atoms. The Labute approximate surface area is 162 Å². The number of piperidine rings is 1. The van der Waals surface area contributed by atoms with Crippen molar-refractivity contribution in [2.75, 3.05) is 18.0 Å². The Morgan fingerprint density at radius 1 is 1.21 bits per heavy atom. The van der Waals surface area contributed by atoms with Crippen molar-refractivity contribution in [2.45, 2.75) is 26.7 Å². The molecule has 144 valence electrons. The van der Waals surface area contributed by atoms with Gasteiger partial charge in [-0.15, -0.1) is 0 Å². The summed E-state index contributed by atoms with van der Waals surface area (Å²) in [7, 11) is 0. The lowest BCUT2D eigenvalue weighted by atomic mass is 9.96. The molecule has 0 saturated carbocycles. The third-order valence-electron chi connectivity index (χ3n) is 5.11. The molecule has 1 saturated heterocycles. The maximum absolute atomic E-state index is 11.4. The number of carbonyl (C=O) groups is 1. The highest BCUT2D eigenvalue weighted by atomic mass is 16.5. The van der Waals surface area contributed by atoms with Gasteiger partial charge in [-0.2, -0.15) is 0 Å². The number of carbonyl (C=O) groups excluding carboxylic acids is 1. The predicted molar refractivity (Wildman–Crippen MR) is 104 cm³/mol. The van der Waals surface area contributed by atoms with Crippen LogP contribution in [0.3, 0.4) is 0 Å². The van der Waals surface area contributed by atoms with Gasteiger partial charge >= 0.3 is 0 Å². The summed E-state index contributed by atoms with van der Waals surface area (Å²) >= 11 is 0. The molecule has 0 aliphatic carbocycles. The molecule has 4 rings (SSSR count). The van der Waals surface area contributed by atoms with E-state index in [0.717, 1.165) is 28.2 Å². The van der Waals surface area contributed by atoms with E-state index in [1.807, 2.05) is 32.0 Å². The SMILES string of the molecule is Cc1cc(-c2cnc(N3CCC(C(N)=O)CC3)nc2-c2cccnc2C)on1. The molecule has 0 bridgehead atoms. The molecule has 0 radical (unpaired) electrons. The number of nitrogens with two attached hydrogens (primary N) is 1. The molecular weight excluding hydrogens is 356 g/mol. The summed E-state index contributed by atoms with van der Waals surface area (Å²) in [5.74, 6) is 0.937. The van der Waals surface area contributed by atoms with Gasteiger partial charge in [0.25, 0.3) is 0 Å². The van der Waals surface area contributed by atoms with Crippen molar-refractivity contribution in [1.82, 2.24) is 20.1 Å². The van der Waals surface area contributed by atoms with Crippen LogP contribution in [0.2, 0.25) is 0 Å². The summed E-state index contributed by atoms with van der Waals surface area (Å²) in [5.41, 5.74) is 9.55. The van der Waals surface area contributed by atoms with Gasteiger partial charge < -0.3 is 15.2 Å². The van der Waals surface area contributed by atoms with Gasteiger partial charge in [-0.3, -0.25) is 9.78 Å². The van der Waals surface area contributed by atoms with Gasteiger partial charge in [0, 0.05) is 48.7 Å². The Balaban J connectivity index is 1.74. The van der Waals surface area contributed by atoms with Crippen LogP contribution in [-0.4, -0.2) is 39.1 Å². The van der Waals surface area contributed by atoms with Gasteiger partial charge in [-0.05, 0) is 38.8 Å². The summed E-state index contributed by atoms with van der Waals surface area (Å²) in [4.78, 5) is 27.3. The van der Waals surface area contributed by atoms with Crippen molar-refractivity contribution < 1.29 is 9.32 Å². The highest BCUT2D eigenvalue weighted by molar-refractivity contribution is 5.80. The number of amides is 1. The minimum Gasteiger partial charge on any atom is -0.369 e. The second-order valence-electron chi connectivity index (χ2n) is 7.06. The topological polar surface area (TPSA) is 111 Å². The monoisotopic (exact) mass is 378 g/mol. The number of rotatable bonds is 4. The fraction of sp³-hybridized carbons (Fsp3) is 0.350. The summed E-state index contributed by atoms with van der Waals surface area (Å²) in [6.45, 7) is 5.21. The van der Waals surface area contributed by atoms with Crippen LogP contribution < -0.4 is 10.6 Å². The van der Waals surface area contributed by atoms with Crippen LogP contribution >= 0.6 is 0 Å². The van der Waals surface area contributed by atoms with E-state index in [2.05, 4.69) is 20.0 Å². The number of pyridine rings is 1. The molecule has 1 fully saturated rings. The summed E-state index contributed by atoms with van der Waals surface area (Å²) in [6, 6.07) is 5.74. The van der Waals surface area contributed by atoms with Gasteiger partial charge in [0.15, 0.2) is 5.76 Å². The number of anilines is 1. The molecule has 0 spiro atoms. The van der Waals surface area contributed by atoms with Crippen LogP contribution in [0.15, 0.2) is 35.1 Å². The Hall–Kier alpha value is -3.29. The van der Waals surface area contributed by atoms with Crippen molar-refractivity contribution in [2.24, 2.45) is 11.7 Å². The van der Waals surface area contributed by atoms with E-state index in [9.17, 15) is 4.79 Å². The Morgan fingerprint density at radius 3 is 2.64 bits per heavy atom. The summed E-state index contributed by atoms with van der Waals surface area (Å²) < 4.78 is 5.46. The molecule has 3 aromatic heterocycles. The lowest BCUT2D eigenvalue weighted by Crippen LogP contribution is -2.39. The van der Waals surface area contributed by atoms with E-state index in [-0.39, 0.29) is 11.8 Å². The Kier molecular flexibility index (Phi) is 4.77. The molecule has 3 aromatic rings. The average Bonchev–Trinajstić information content (AvgIpc) is 3.14. The van der Waals surface area contributed by atoms with Crippen LogP contribution in [0.1, 0.15) is 24.2 Å². The van der Waals surface area contributed by atoms with Gasteiger partial charge in [-0.1, -0.05) is 5.16 Å². The molecule has 2 N–H and O–H groups in total. The first kappa shape index (κ1) is 18.1. The number of nitrogens with zero attached hydrogens (tertiary/aromatic N) is 5. The molecule has 8 nitrogen and oxygen atoms in total. The van der Waals surface area contributed by atoms with E-state index >= 15 is 0 Å². The maximum atomic E-state index is 11.4. The lowest BCUT2D eigenvalue weighted by molar-refractivity contribution is -0.122. The van der Waals surface area contributed by atoms with E-state index in [1.54, 1.807) is 12.4 Å². The number of aromatic nitrogens is 4. The first-order valence-electron chi connectivity index (χ1n) is 9.30. The minimum atomic E-state index is -0.233. The average molecular weight is 378 g/mol. The first-order chi connectivity index (χ1) is 13.5. The number of hydrogen-bond donors (Lipinski definition) is 1. The number of aryl methyl sites for hydroxylation is 2. The van der Waals surface area contributed by atoms with Gasteiger partial charge in [0.2, 0.25) is 11.9 Å². The molecular formula is C20H22N6O2. The molecule has 1 amide bonds. The smallest absolute Gasteiger partial charge is 0.225 e. The fourth-order valence-electron chi connectivity index (χ4n) is 3.50. The summed E-state index contributed by atoms with van der Waals surface area (Å²) in [5, 5.41) is 3.99. The van der Waals surface area contributed by atoms with Gasteiger partial charge in [0.1, 0.15) is 0 Å². The second-order valence-corrected chi connectivity index (χ2v) is 7.06. The molecule has 1 aliphatic rings. The predicted octanol–water partition coefficient (Wildman–Crippen LogP) is 2.51. The Morgan fingerprint density at radius 2 is 2.00 bits per heavy atom.